The number of aromatic nitrogens is 2. The predicted octanol–water partition coefficient (Wildman–Crippen LogP) is 3.13. The number of nitrogens with one attached hydrogen (secondary N) is 2. The lowest BCUT2D eigenvalue weighted by Crippen LogP contribution is -2.08. The Bertz CT molecular complexity index is 540. The summed E-state index contributed by atoms with van der Waals surface area (Å²) in [6.45, 7) is 2.70. The van der Waals surface area contributed by atoms with E-state index in [0.29, 0.717) is 0 Å². The van der Waals surface area contributed by atoms with Crippen LogP contribution in [0.4, 0.5) is 11.6 Å². The van der Waals surface area contributed by atoms with Crippen LogP contribution in [0.1, 0.15) is 11.4 Å². The lowest BCUT2D eigenvalue weighted by Gasteiger charge is -2.08. The fourth-order valence-corrected chi connectivity index (χ4v) is 1.90. The molecule has 0 unspecified atom stereocenters. The molecule has 2 aromatic rings. The van der Waals surface area contributed by atoms with Gasteiger partial charge in [-0.25, -0.2) is 9.97 Å². The van der Waals surface area contributed by atoms with Crippen LogP contribution in [0.2, 0.25) is 5.02 Å². The van der Waals surface area contributed by atoms with Crippen LogP contribution in [-0.2, 0) is 6.42 Å². The molecule has 0 fully saturated rings. The molecule has 19 heavy (non-hydrogen) atoms. The highest BCUT2D eigenvalue weighted by atomic mass is 35.5. The maximum absolute atomic E-state index is 5.85. The second kappa shape index (κ2) is 6.38. The highest BCUT2D eigenvalue weighted by Gasteiger charge is 2.00. The molecule has 0 saturated heterocycles. The van der Waals surface area contributed by atoms with E-state index in [4.69, 9.17) is 11.6 Å². The van der Waals surface area contributed by atoms with Gasteiger partial charge in [0, 0.05) is 24.7 Å². The molecule has 0 saturated carbocycles. The average Bonchev–Trinajstić information content (AvgIpc) is 2.40. The zero-order valence-electron chi connectivity index (χ0n) is 11.1. The summed E-state index contributed by atoms with van der Waals surface area (Å²) in [5.41, 5.74) is 1.25. The van der Waals surface area contributed by atoms with Crippen LogP contribution in [0.5, 0.6) is 0 Å². The summed E-state index contributed by atoms with van der Waals surface area (Å²) < 4.78 is 0. The highest BCUT2D eigenvalue weighted by Crippen LogP contribution is 2.12. The van der Waals surface area contributed by atoms with E-state index in [1.807, 2.05) is 44.3 Å². The first-order valence-corrected chi connectivity index (χ1v) is 6.57. The molecule has 0 aliphatic rings. The van der Waals surface area contributed by atoms with E-state index >= 15 is 0 Å². The van der Waals surface area contributed by atoms with Crippen molar-refractivity contribution in [3.8, 4) is 0 Å². The van der Waals surface area contributed by atoms with Crippen molar-refractivity contribution in [3.05, 3.63) is 46.7 Å². The zero-order valence-corrected chi connectivity index (χ0v) is 11.8. The molecular formula is C14H17ClN4. The molecule has 4 nitrogen and oxygen atoms in total. The number of anilines is 2. The van der Waals surface area contributed by atoms with Gasteiger partial charge in [0.1, 0.15) is 17.5 Å². The molecule has 0 atom stereocenters. The Morgan fingerprint density at radius 2 is 1.79 bits per heavy atom. The Morgan fingerprint density at radius 3 is 2.47 bits per heavy atom. The van der Waals surface area contributed by atoms with E-state index in [1.54, 1.807) is 0 Å². The van der Waals surface area contributed by atoms with Gasteiger partial charge < -0.3 is 10.6 Å². The minimum Gasteiger partial charge on any atom is -0.373 e. The van der Waals surface area contributed by atoms with Gasteiger partial charge in [0.2, 0.25) is 0 Å². The average molecular weight is 277 g/mol. The van der Waals surface area contributed by atoms with Crippen molar-refractivity contribution in [2.45, 2.75) is 13.3 Å². The molecule has 0 aliphatic heterocycles. The van der Waals surface area contributed by atoms with Gasteiger partial charge in [-0.05, 0) is 31.0 Å². The van der Waals surface area contributed by atoms with Gasteiger partial charge in [0.25, 0.3) is 0 Å². The molecule has 0 aliphatic carbocycles. The molecule has 1 aromatic carbocycles. The van der Waals surface area contributed by atoms with Crippen molar-refractivity contribution in [3.63, 3.8) is 0 Å². The SMILES string of the molecule is CNc1cc(NCCc2ccc(Cl)cc2)nc(C)n1. The van der Waals surface area contributed by atoms with E-state index in [0.717, 1.165) is 35.4 Å². The van der Waals surface area contributed by atoms with Crippen molar-refractivity contribution < 1.29 is 0 Å². The van der Waals surface area contributed by atoms with E-state index in [-0.39, 0.29) is 0 Å². The second-order valence-electron chi connectivity index (χ2n) is 4.24. The van der Waals surface area contributed by atoms with Gasteiger partial charge >= 0.3 is 0 Å². The molecule has 0 spiro atoms. The topological polar surface area (TPSA) is 49.8 Å². The van der Waals surface area contributed by atoms with Crippen LogP contribution in [-0.4, -0.2) is 23.6 Å². The van der Waals surface area contributed by atoms with Crippen molar-refractivity contribution >= 4 is 23.2 Å². The number of rotatable bonds is 5. The Morgan fingerprint density at radius 1 is 1.11 bits per heavy atom. The molecule has 1 aromatic heterocycles. The third-order valence-electron chi connectivity index (χ3n) is 2.73. The predicted molar refractivity (Wildman–Crippen MR) is 80.0 cm³/mol. The van der Waals surface area contributed by atoms with Crippen LogP contribution in [0.25, 0.3) is 0 Å². The van der Waals surface area contributed by atoms with E-state index in [9.17, 15) is 0 Å². The number of nitrogens with zero attached hydrogens (tertiary/aromatic N) is 2. The van der Waals surface area contributed by atoms with Gasteiger partial charge in [-0.1, -0.05) is 23.7 Å². The van der Waals surface area contributed by atoms with Crippen molar-refractivity contribution in [2.75, 3.05) is 24.2 Å². The van der Waals surface area contributed by atoms with E-state index in [2.05, 4.69) is 20.6 Å². The third-order valence-corrected chi connectivity index (χ3v) is 2.98. The Labute approximate surface area is 118 Å². The fourth-order valence-electron chi connectivity index (χ4n) is 1.77. The highest BCUT2D eigenvalue weighted by molar-refractivity contribution is 6.30. The monoisotopic (exact) mass is 276 g/mol. The molecule has 0 radical (unpaired) electrons. The standard InChI is InChI=1S/C14H17ClN4/c1-10-18-13(16-2)9-14(19-10)17-8-7-11-3-5-12(15)6-4-11/h3-6,9H,7-8H2,1-2H3,(H2,16,17,18,19). The number of hydrogen-bond donors (Lipinski definition) is 2. The fraction of sp³-hybridized carbons (Fsp3) is 0.286. The zero-order chi connectivity index (χ0) is 13.7. The van der Waals surface area contributed by atoms with Gasteiger partial charge in [0.15, 0.2) is 0 Å². The van der Waals surface area contributed by atoms with Crippen LogP contribution < -0.4 is 10.6 Å². The first-order valence-electron chi connectivity index (χ1n) is 6.19. The quantitative estimate of drug-likeness (QED) is 0.881. The molecule has 2 N–H and O–H groups in total. The number of halogens is 1. The molecule has 2 rings (SSSR count). The number of aryl methyl sites for hydroxylation is 1. The van der Waals surface area contributed by atoms with E-state index in [1.165, 1.54) is 5.56 Å². The van der Waals surface area contributed by atoms with Crippen molar-refractivity contribution in [2.24, 2.45) is 0 Å². The molecular weight excluding hydrogens is 260 g/mol. The normalized spacial score (nSPS) is 10.3. The van der Waals surface area contributed by atoms with Crippen LogP contribution in [0.3, 0.4) is 0 Å². The summed E-state index contributed by atoms with van der Waals surface area (Å²) in [5.74, 6) is 2.41. The maximum atomic E-state index is 5.85. The van der Waals surface area contributed by atoms with Crippen LogP contribution in [0, 0.1) is 6.92 Å². The largest absolute Gasteiger partial charge is 0.373 e. The second-order valence-corrected chi connectivity index (χ2v) is 4.68. The van der Waals surface area contributed by atoms with Crippen LogP contribution >= 0.6 is 11.6 Å². The van der Waals surface area contributed by atoms with Crippen molar-refractivity contribution in [1.29, 1.82) is 0 Å². The molecule has 0 bridgehead atoms. The van der Waals surface area contributed by atoms with Gasteiger partial charge in [0.05, 0.1) is 0 Å². The summed E-state index contributed by atoms with van der Waals surface area (Å²) in [6.07, 6.45) is 0.926. The number of benzene rings is 1. The third kappa shape index (κ3) is 4.10. The Hall–Kier alpha value is -1.81. The minimum absolute atomic E-state index is 0.751. The summed E-state index contributed by atoms with van der Waals surface area (Å²) in [5, 5.41) is 7.08. The molecule has 5 heteroatoms. The van der Waals surface area contributed by atoms with Gasteiger partial charge in [-0.3, -0.25) is 0 Å². The molecule has 0 amide bonds. The maximum Gasteiger partial charge on any atom is 0.131 e. The summed E-state index contributed by atoms with van der Waals surface area (Å²) >= 11 is 5.85. The lowest BCUT2D eigenvalue weighted by atomic mass is 10.1. The molecule has 1 heterocycles. The summed E-state index contributed by atoms with van der Waals surface area (Å²) in [6, 6.07) is 9.78. The summed E-state index contributed by atoms with van der Waals surface area (Å²) in [7, 11) is 1.85. The lowest BCUT2D eigenvalue weighted by molar-refractivity contribution is 0.982. The van der Waals surface area contributed by atoms with Gasteiger partial charge in [-0.15, -0.1) is 0 Å². The molecule has 100 valence electrons. The first kappa shape index (κ1) is 13.6. The van der Waals surface area contributed by atoms with Crippen LogP contribution in [0.15, 0.2) is 30.3 Å². The number of hydrogen-bond acceptors (Lipinski definition) is 4. The summed E-state index contributed by atoms with van der Waals surface area (Å²) in [4.78, 5) is 8.60. The minimum atomic E-state index is 0.751. The van der Waals surface area contributed by atoms with Crippen molar-refractivity contribution in [1.82, 2.24) is 9.97 Å². The first-order chi connectivity index (χ1) is 9.17. The Kier molecular flexibility index (Phi) is 4.58. The smallest absolute Gasteiger partial charge is 0.131 e. The van der Waals surface area contributed by atoms with E-state index < -0.39 is 0 Å². The van der Waals surface area contributed by atoms with Gasteiger partial charge in [-0.2, -0.15) is 0 Å². The Balaban J connectivity index is 1.92.